The molecule has 1 saturated heterocycles. The largest absolute Gasteiger partial charge is 0.391 e. The number of aromatic nitrogens is 1. The van der Waals surface area contributed by atoms with E-state index >= 15 is 0 Å². The van der Waals surface area contributed by atoms with Gasteiger partial charge >= 0.3 is 0 Å². The van der Waals surface area contributed by atoms with Gasteiger partial charge in [-0.25, -0.2) is 0 Å². The third-order valence-electron chi connectivity index (χ3n) is 3.47. The third kappa shape index (κ3) is 3.11. The molecule has 0 radical (unpaired) electrons. The number of likely N-dealkylation sites (N-methyl/N-ethyl adjacent to an activating group) is 1. The topological polar surface area (TPSA) is 56.7 Å². The number of nitrogens with zero attached hydrogens (tertiary/aromatic N) is 3. The van der Waals surface area contributed by atoms with Crippen molar-refractivity contribution in [1.29, 1.82) is 0 Å². The van der Waals surface area contributed by atoms with Crippen LogP contribution in [-0.2, 0) is 0 Å². The number of likely N-dealkylation sites (tertiary alicyclic amines) is 1. The summed E-state index contributed by atoms with van der Waals surface area (Å²) < 4.78 is 0. The molecule has 19 heavy (non-hydrogen) atoms. The van der Waals surface area contributed by atoms with Crippen LogP contribution >= 0.6 is 0 Å². The summed E-state index contributed by atoms with van der Waals surface area (Å²) in [7, 11) is 3.95. The van der Waals surface area contributed by atoms with Gasteiger partial charge < -0.3 is 14.9 Å². The molecule has 1 fully saturated rings. The summed E-state index contributed by atoms with van der Waals surface area (Å²) in [6, 6.07) is 3.63. The van der Waals surface area contributed by atoms with E-state index < -0.39 is 6.10 Å². The van der Waals surface area contributed by atoms with Gasteiger partial charge in [0.2, 0.25) is 0 Å². The Morgan fingerprint density at radius 3 is 2.95 bits per heavy atom. The van der Waals surface area contributed by atoms with Gasteiger partial charge in [0.25, 0.3) is 5.91 Å². The van der Waals surface area contributed by atoms with Crippen LogP contribution in [0.25, 0.3) is 0 Å². The SMILES string of the molecule is Cc1ncccc1C(=O)N1CC(O)CC1CN(C)C. The zero-order chi connectivity index (χ0) is 14.0. The van der Waals surface area contributed by atoms with Crippen LogP contribution in [-0.4, -0.2) is 65.1 Å². The van der Waals surface area contributed by atoms with Crippen molar-refractivity contribution >= 4 is 5.91 Å². The molecule has 5 nitrogen and oxygen atoms in total. The van der Waals surface area contributed by atoms with E-state index in [2.05, 4.69) is 4.98 Å². The highest BCUT2D eigenvalue weighted by Crippen LogP contribution is 2.21. The van der Waals surface area contributed by atoms with Gasteiger partial charge in [-0.15, -0.1) is 0 Å². The van der Waals surface area contributed by atoms with Crippen LogP contribution in [0.5, 0.6) is 0 Å². The molecule has 2 rings (SSSR count). The molecule has 2 atom stereocenters. The van der Waals surface area contributed by atoms with E-state index in [0.717, 1.165) is 12.2 Å². The molecule has 1 aliphatic heterocycles. The lowest BCUT2D eigenvalue weighted by Gasteiger charge is -2.27. The van der Waals surface area contributed by atoms with Crippen LogP contribution in [0.15, 0.2) is 18.3 Å². The second-order valence-corrected chi connectivity index (χ2v) is 5.40. The Labute approximate surface area is 113 Å². The molecule has 1 aromatic heterocycles. The maximum atomic E-state index is 12.6. The maximum Gasteiger partial charge on any atom is 0.256 e. The highest BCUT2D eigenvalue weighted by Gasteiger charge is 2.35. The first kappa shape index (κ1) is 14.0. The summed E-state index contributed by atoms with van der Waals surface area (Å²) in [6.45, 7) is 3.01. The van der Waals surface area contributed by atoms with Crippen LogP contribution in [0.4, 0.5) is 0 Å². The Balaban J connectivity index is 2.19. The van der Waals surface area contributed by atoms with Crippen LogP contribution < -0.4 is 0 Å². The highest BCUT2D eigenvalue weighted by atomic mass is 16.3. The smallest absolute Gasteiger partial charge is 0.256 e. The molecule has 0 bridgehead atoms. The lowest BCUT2D eigenvalue weighted by atomic mass is 10.1. The summed E-state index contributed by atoms with van der Waals surface area (Å²) in [5.74, 6) is -0.0333. The van der Waals surface area contributed by atoms with Gasteiger partial charge in [0, 0.05) is 31.0 Å². The summed E-state index contributed by atoms with van der Waals surface area (Å²) in [5, 5.41) is 9.82. The van der Waals surface area contributed by atoms with Gasteiger partial charge in [-0.1, -0.05) is 0 Å². The molecule has 0 saturated carbocycles. The van der Waals surface area contributed by atoms with E-state index in [0.29, 0.717) is 18.5 Å². The molecule has 5 heteroatoms. The summed E-state index contributed by atoms with van der Waals surface area (Å²) in [6.07, 6.45) is 1.90. The summed E-state index contributed by atoms with van der Waals surface area (Å²) >= 11 is 0. The normalized spacial score (nSPS) is 23.1. The Kier molecular flexibility index (Phi) is 4.17. The van der Waals surface area contributed by atoms with Crippen LogP contribution in [0, 0.1) is 6.92 Å². The Bertz CT molecular complexity index is 462. The van der Waals surface area contributed by atoms with Crippen molar-refractivity contribution in [3.05, 3.63) is 29.6 Å². The first-order valence-electron chi connectivity index (χ1n) is 6.54. The van der Waals surface area contributed by atoms with Crippen molar-refractivity contribution in [2.45, 2.75) is 25.5 Å². The van der Waals surface area contributed by atoms with E-state index in [1.54, 1.807) is 23.2 Å². The number of amides is 1. The van der Waals surface area contributed by atoms with E-state index in [1.807, 2.05) is 25.9 Å². The third-order valence-corrected chi connectivity index (χ3v) is 3.47. The number of hydrogen-bond donors (Lipinski definition) is 1. The van der Waals surface area contributed by atoms with Crippen molar-refractivity contribution < 1.29 is 9.90 Å². The predicted octanol–water partition coefficient (Wildman–Crippen LogP) is 0.527. The van der Waals surface area contributed by atoms with Crippen molar-refractivity contribution in [2.24, 2.45) is 0 Å². The molecule has 2 heterocycles. The fraction of sp³-hybridized carbons (Fsp3) is 0.571. The number of hydrogen-bond acceptors (Lipinski definition) is 4. The number of carbonyl (C=O) groups is 1. The lowest BCUT2D eigenvalue weighted by Crippen LogP contribution is -2.41. The zero-order valence-electron chi connectivity index (χ0n) is 11.7. The minimum atomic E-state index is -0.425. The number of pyridine rings is 1. The highest BCUT2D eigenvalue weighted by molar-refractivity contribution is 5.95. The average molecular weight is 263 g/mol. The fourth-order valence-corrected chi connectivity index (χ4v) is 2.60. The van der Waals surface area contributed by atoms with E-state index in [4.69, 9.17) is 0 Å². The maximum absolute atomic E-state index is 12.6. The molecular formula is C14H21N3O2. The number of carbonyl (C=O) groups excluding carboxylic acids is 1. The van der Waals surface area contributed by atoms with Crippen LogP contribution in [0.1, 0.15) is 22.5 Å². The average Bonchev–Trinajstić information content (AvgIpc) is 2.69. The molecule has 1 aromatic rings. The Hall–Kier alpha value is -1.46. The molecule has 2 unspecified atom stereocenters. The van der Waals surface area contributed by atoms with Crippen molar-refractivity contribution in [2.75, 3.05) is 27.2 Å². The molecule has 1 N–H and O–H groups in total. The number of rotatable bonds is 3. The Morgan fingerprint density at radius 2 is 2.32 bits per heavy atom. The zero-order valence-corrected chi connectivity index (χ0v) is 11.7. The van der Waals surface area contributed by atoms with Crippen LogP contribution in [0.3, 0.4) is 0 Å². The molecule has 104 valence electrons. The quantitative estimate of drug-likeness (QED) is 0.864. The summed E-state index contributed by atoms with van der Waals surface area (Å²) in [5.41, 5.74) is 1.36. The number of aliphatic hydroxyl groups is 1. The molecular weight excluding hydrogens is 242 g/mol. The van der Waals surface area contributed by atoms with Crippen molar-refractivity contribution in [3.8, 4) is 0 Å². The van der Waals surface area contributed by atoms with E-state index in [-0.39, 0.29) is 11.9 Å². The first-order valence-corrected chi connectivity index (χ1v) is 6.54. The van der Waals surface area contributed by atoms with E-state index in [9.17, 15) is 9.90 Å². The van der Waals surface area contributed by atoms with Crippen molar-refractivity contribution in [1.82, 2.24) is 14.8 Å². The van der Waals surface area contributed by atoms with Gasteiger partial charge in [0.05, 0.1) is 11.7 Å². The molecule has 0 aromatic carbocycles. The molecule has 0 aliphatic carbocycles. The second-order valence-electron chi connectivity index (χ2n) is 5.40. The number of aryl methyl sites for hydroxylation is 1. The van der Waals surface area contributed by atoms with Crippen LogP contribution in [0.2, 0.25) is 0 Å². The standard InChI is InChI=1S/C14H21N3O2/c1-10-13(5-4-6-15-10)14(19)17-9-12(18)7-11(17)8-16(2)3/h4-6,11-12,18H,7-9H2,1-3H3. The second kappa shape index (κ2) is 5.67. The molecule has 1 amide bonds. The first-order chi connectivity index (χ1) is 8.99. The number of aliphatic hydroxyl groups excluding tert-OH is 1. The van der Waals surface area contributed by atoms with Crippen molar-refractivity contribution in [3.63, 3.8) is 0 Å². The minimum Gasteiger partial charge on any atom is -0.391 e. The monoisotopic (exact) mass is 263 g/mol. The molecule has 1 aliphatic rings. The van der Waals surface area contributed by atoms with E-state index in [1.165, 1.54) is 0 Å². The fourth-order valence-electron chi connectivity index (χ4n) is 2.60. The minimum absolute atomic E-state index is 0.0333. The van der Waals surface area contributed by atoms with Gasteiger partial charge in [0.15, 0.2) is 0 Å². The Morgan fingerprint density at radius 1 is 1.58 bits per heavy atom. The number of β-amino-alcohol motifs (C(OH)–C–C–N with tert-alkyl or cyclic N) is 1. The van der Waals surface area contributed by atoms with Gasteiger partial charge in [-0.3, -0.25) is 9.78 Å². The predicted molar refractivity (Wildman–Crippen MR) is 73.0 cm³/mol. The summed E-state index contributed by atoms with van der Waals surface area (Å²) in [4.78, 5) is 20.5. The lowest BCUT2D eigenvalue weighted by molar-refractivity contribution is 0.0698. The van der Waals surface area contributed by atoms with Gasteiger partial charge in [-0.2, -0.15) is 0 Å². The van der Waals surface area contributed by atoms with Gasteiger partial charge in [0.1, 0.15) is 0 Å². The van der Waals surface area contributed by atoms with Gasteiger partial charge in [-0.05, 0) is 39.6 Å². The molecule has 0 spiro atoms.